The summed E-state index contributed by atoms with van der Waals surface area (Å²) in [5.74, 6) is 0. The van der Waals surface area contributed by atoms with Gasteiger partial charge in [0, 0.05) is 45.3 Å². The maximum Gasteiger partial charge on any atom is 0.0580 e. The molecular weight excluding hydrogens is 775 g/mol. The minimum absolute atomic E-state index is 0.0174. The molecule has 322 valence electrons. The van der Waals surface area contributed by atoms with Gasteiger partial charge in [0.15, 0.2) is 0 Å². The molecule has 0 radical (unpaired) electrons. The zero-order valence-electron chi connectivity index (χ0n) is 40.5. The van der Waals surface area contributed by atoms with E-state index in [-0.39, 0.29) is 11.5 Å². The van der Waals surface area contributed by atoms with Crippen LogP contribution >= 0.6 is 0 Å². The number of benzene rings is 8. The van der Waals surface area contributed by atoms with Crippen LogP contribution in [-0.2, 0) is 5.41 Å². The zero-order chi connectivity index (χ0) is 45.3. The van der Waals surface area contributed by atoms with Crippen LogP contribution in [0.2, 0.25) is 0 Å². The summed E-state index contributed by atoms with van der Waals surface area (Å²) in [5.41, 5.74) is 25.8. The molecule has 3 heteroatoms. The third-order valence-electron chi connectivity index (χ3n) is 15.7. The molecule has 1 unspecified atom stereocenters. The molecule has 1 atom stereocenters. The van der Waals surface area contributed by atoms with Gasteiger partial charge in [0.25, 0.3) is 0 Å². The van der Waals surface area contributed by atoms with Crippen molar-refractivity contribution in [2.45, 2.75) is 115 Å². The minimum atomic E-state index is 0.0174. The summed E-state index contributed by atoms with van der Waals surface area (Å²) >= 11 is 0. The van der Waals surface area contributed by atoms with Crippen molar-refractivity contribution in [3.8, 4) is 0 Å². The highest BCUT2D eigenvalue weighted by Gasteiger charge is 2.33. The van der Waals surface area contributed by atoms with E-state index in [1.54, 1.807) is 0 Å². The van der Waals surface area contributed by atoms with Crippen LogP contribution in [0.4, 0.5) is 39.8 Å². The van der Waals surface area contributed by atoms with Gasteiger partial charge in [-0.15, -0.1) is 0 Å². The molecule has 1 aliphatic heterocycles. The van der Waals surface area contributed by atoms with Gasteiger partial charge < -0.3 is 14.7 Å². The van der Waals surface area contributed by atoms with Crippen LogP contribution in [0.25, 0.3) is 32.3 Å². The van der Waals surface area contributed by atoms with Gasteiger partial charge in [0.05, 0.1) is 28.8 Å². The average Bonchev–Trinajstić information content (AvgIpc) is 3.28. The van der Waals surface area contributed by atoms with Crippen molar-refractivity contribution in [1.29, 1.82) is 0 Å². The molecule has 0 saturated heterocycles. The van der Waals surface area contributed by atoms with Crippen molar-refractivity contribution in [2.24, 2.45) is 0 Å². The number of rotatable bonds is 3. The van der Waals surface area contributed by atoms with Gasteiger partial charge in [-0.05, 0) is 201 Å². The van der Waals surface area contributed by atoms with E-state index in [0.717, 1.165) is 12.1 Å². The Kier molecular flexibility index (Phi) is 9.69. The number of allylic oxidation sites excluding steroid dienone is 2. The zero-order valence-corrected chi connectivity index (χ0v) is 40.5. The second-order valence-corrected chi connectivity index (χ2v) is 20.2. The summed E-state index contributed by atoms with van der Waals surface area (Å²) in [4.78, 5) is 7.88. The molecule has 0 spiro atoms. The summed E-state index contributed by atoms with van der Waals surface area (Å²) in [5, 5.41) is 7.77. The molecule has 3 nitrogen and oxygen atoms in total. The SMILES string of the molecule is Cc1ccc(N2c3cccc(c3)N(c3c(C)c(C)c(C)c(C)c3C)c3cc(c4ccc5cc(C(C)(C)C)cc6ccc3c4c56)N(c3c(C)c(C)c(C)c(C)c3C)C3=CC=CC2C3)cc1. The number of nitrogens with zero attached hydrogens (tertiary/aromatic N) is 3. The van der Waals surface area contributed by atoms with Gasteiger partial charge in [0.1, 0.15) is 0 Å². The number of fused-ring (bicyclic) bond motifs is 8. The van der Waals surface area contributed by atoms with E-state index < -0.39 is 0 Å². The lowest BCUT2D eigenvalue weighted by Crippen LogP contribution is -2.34. The molecule has 64 heavy (non-hydrogen) atoms. The molecule has 1 heterocycles. The normalized spacial score (nSPS) is 15.4. The summed E-state index contributed by atoms with van der Waals surface area (Å²) < 4.78 is 0. The summed E-state index contributed by atoms with van der Waals surface area (Å²) in [6.45, 7) is 32.4. The van der Waals surface area contributed by atoms with E-state index in [1.165, 1.54) is 139 Å². The first-order valence-corrected chi connectivity index (χ1v) is 23.3. The standard InChI is InChI=1S/C61H63N3/c1-34-21-25-48(26-22-34)62-49-17-15-19-51(31-49)63(59-41(8)37(4)35(2)38(5)42(59)9)55-33-56(54-28-24-46-30-47(61(12,13)14)29-45-23-27-53(55)58(54)57(45)46)64(52-20-16-18-50(62)32-52)60-43(10)39(6)36(3)40(7)44(60)11/h15-31,33,50H,32H2,1-14H3. The average molecular weight is 838 g/mol. The quantitative estimate of drug-likeness (QED) is 0.164. The molecule has 0 fully saturated rings. The van der Waals surface area contributed by atoms with Crippen LogP contribution in [0, 0.1) is 76.2 Å². The Morgan fingerprint density at radius 3 is 1.52 bits per heavy atom. The van der Waals surface area contributed by atoms with Gasteiger partial charge >= 0.3 is 0 Å². The van der Waals surface area contributed by atoms with Crippen LogP contribution in [0.15, 0.2) is 115 Å². The van der Waals surface area contributed by atoms with Crippen molar-refractivity contribution in [2.75, 3.05) is 14.7 Å². The van der Waals surface area contributed by atoms with Crippen molar-refractivity contribution in [1.82, 2.24) is 0 Å². The largest absolute Gasteiger partial charge is 0.334 e. The Hall–Kier alpha value is -6.32. The monoisotopic (exact) mass is 838 g/mol. The molecule has 6 bridgehead atoms. The van der Waals surface area contributed by atoms with E-state index in [2.05, 4.69) is 221 Å². The maximum absolute atomic E-state index is 2.68. The lowest BCUT2D eigenvalue weighted by atomic mass is 9.82. The Labute approximate surface area is 381 Å². The Morgan fingerprint density at radius 1 is 0.469 bits per heavy atom. The molecule has 0 amide bonds. The molecule has 2 aliphatic rings. The van der Waals surface area contributed by atoms with Gasteiger partial charge in [-0.25, -0.2) is 0 Å². The van der Waals surface area contributed by atoms with Crippen LogP contribution in [0.1, 0.15) is 94.0 Å². The van der Waals surface area contributed by atoms with E-state index in [1.807, 2.05) is 0 Å². The molecule has 10 rings (SSSR count). The second kappa shape index (κ2) is 14.9. The number of anilines is 7. The molecule has 0 saturated carbocycles. The number of aryl methyl sites for hydroxylation is 1. The third-order valence-corrected chi connectivity index (χ3v) is 15.7. The van der Waals surface area contributed by atoms with Crippen LogP contribution in [0.5, 0.6) is 0 Å². The first-order chi connectivity index (χ1) is 30.5. The number of hydrogen-bond acceptors (Lipinski definition) is 3. The lowest BCUT2D eigenvalue weighted by molar-refractivity contribution is 0.591. The topological polar surface area (TPSA) is 9.72 Å². The van der Waals surface area contributed by atoms with Crippen LogP contribution < -0.4 is 14.7 Å². The molecular formula is C61H63N3. The Morgan fingerprint density at radius 2 is 0.969 bits per heavy atom. The van der Waals surface area contributed by atoms with Crippen molar-refractivity contribution in [3.05, 3.63) is 182 Å². The first kappa shape index (κ1) is 41.7. The Balaban J connectivity index is 1.43. The highest BCUT2D eigenvalue weighted by Crippen LogP contribution is 2.54. The van der Waals surface area contributed by atoms with Gasteiger partial charge in [-0.1, -0.05) is 93.1 Å². The summed E-state index contributed by atoms with van der Waals surface area (Å²) in [6, 6.07) is 35.6. The van der Waals surface area contributed by atoms with E-state index in [4.69, 9.17) is 0 Å². The predicted octanol–water partition coefficient (Wildman–Crippen LogP) is 17.2. The Bertz CT molecular complexity index is 3220. The molecule has 0 N–H and O–H groups in total. The van der Waals surface area contributed by atoms with Crippen LogP contribution in [0.3, 0.4) is 0 Å². The molecule has 8 aromatic rings. The van der Waals surface area contributed by atoms with Gasteiger partial charge in [-0.3, -0.25) is 0 Å². The van der Waals surface area contributed by atoms with Crippen molar-refractivity contribution in [3.63, 3.8) is 0 Å². The molecule has 8 aromatic carbocycles. The number of hydrogen-bond donors (Lipinski definition) is 0. The second-order valence-electron chi connectivity index (χ2n) is 20.2. The smallest absolute Gasteiger partial charge is 0.0580 e. The maximum atomic E-state index is 2.68. The fourth-order valence-corrected chi connectivity index (χ4v) is 11.1. The summed E-state index contributed by atoms with van der Waals surface area (Å²) in [6.07, 6.45) is 7.94. The third kappa shape index (κ3) is 6.21. The van der Waals surface area contributed by atoms with E-state index in [9.17, 15) is 0 Å². The lowest BCUT2D eigenvalue weighted by Gasteiger charge is -2.41. The first-order valence-electron chi connectivity index (χ1n) is 23.3. The van der Waals surface area contributed by atoms with Gasteiger partial charge in [-0.2, -0.15) is 0 Å². The molecule has 0 aromatic heterocycles. The molecule has 1 aliphatic carbocycles. The summed E-state index contributed by atoms with van der Waals surface area (Å²) in [7, 11) is 0. The predicted molar refractivity (Wildman–Crippen MR) is 278 cm³/mol. The fourth-order valence-electron chi connectivity index (χ4n) is 11.1. The minimum Gasteiger partial charge on any atom is -0.334 e. The van der Waals surface area contributed by atoms with Crippen molar-refractivity contribution >= 4 is 72.1 Å². The van der Waals surface area contributed by atoms with Gasteiger partial charge in [0.2, 0.25) is 0 Å². The highest BCUT2D eigenvalue weighted by molar-refractivity contribution is 6.29. The van der Waals surface area contributed by atoms with Crippen molar-refractivity contribution < 1.29 is 0 Å². The van der Waals surface area contributed by atoms with E-state index >= 15 is 0 Å². The highest BCUT2D eigenvalue weighted by atomic mass is 15.2. The van der Waals surface area contributed by atoms with E-state index in [0.29, 0.717) is 0 Å². The fraction of sp³-hybridized carbons (Fsp3) is 0.279. The van der Waals surface area contributed by atoms with Crippen LogP contribution in [-0.4, -0.2) is 6.04 Å².